The van der Waals surface area contributed by atoms with E-state index in [2.05, 4.69) is 15.6 Å². The molecule has 3 aromatic rings. The number of carbonyl (C=O) groups is 1. The fourth-order valence-electron chi connectivity index (χ4n) is 2.08. The molecule has 23 heavy (non-hydrogen) atoms. The number of nitrogens with one attached hydrogen (secondary N) is 2. The number of carbonyl (C=O) groups excluding carboxylic acids is 1. The zero-order valence-electron chi connectivity index (χ0n) is 12.3. The fourth-order valence-corrected chi connectivity index (χ4v) is 2.82. The lowest BCUT2D eigenvalue weighted by atomic mass is 10.1. The summed E-state index contributed by atoms with van der Waals surface area (Å²) in [5.74, 6) is -0.385. The minimum atomic E-state index is -0.273. The van der Waals surface area contributed by atoms with Gasteiger partial charge in [0.2, 0.25) is 5.91 Å². The summed E-state index contributed by atoms with van der Waals surface area (Å²) in [6.45, 7) is 1.47. The molecule has 2 aromatic carbocycles. The SMILES string of the molecule is CC(=O)Nc1cccc(-c2csc(Nc3ccc(F)cc3)n2)c1. The maximum atomic E-state index is 12.9. The number of rotatable bonds is 4. The highest BCUT2D eigenvalue weighted by Crippen LogP contribution is 2.28. The van der Waals surface area contributed by atoms with Crippen LogP contribution in [0, 0.1) is 5.82 Å². The number of amides is 1. The zero-order chi connectivity index (χ0) is 16.2. The Labute approximate surface area is 137 Å². The Morgan fingerprint density at radius 1 is 1.13 bits per heavy atom. The lowest BCUT2D eigenvalue weighted by Crippen LogP contribution is -2.05. The van der Waals surface area contributed by atoms with E-state index in [0.29, 0.717) is 0 Å². The van der Waals surface area contributed by atoms with E-state index < -0.39 is 0 Å². The molecule has 0 unspecified atom stereocenters. The largest absolute Gasteiger partial charge is 0.332 e. The van der Waals surface area contributed by atoms with Crippen molar-refractivity contribution in [3.63, 3.8) is 0 Å². The molecule has 1 amide bonds. The standard InChI is InChI=1S/C17H14FN3OS/c1-11(22)19-15-4-2-3-12(9-15)16-10-23-17(21-16)20-14-7-5-13(18)6-8-14/h2-10H,1H3,(H,19,22)(H,20,21). The summed E-state index contributed by atoms with van der Waals surface area (Å²) in [5, 5.41) is 8.54. The number of aromatic nitrogens is 1. The molecule has 0 fully saturated rings. The Kier molecular flexibility index (Phi) is 4.34. The van der Waals surface area contributed by atoms with Gasteiger partial charge in [-0.3, -0.25) is 4.79 Å². The summed E-state index contributed by atoms with van der Waals surface area (Å²) in [6, 6.07) is 13.6. The molecule has 2 N–H and O–H groups in total. The van der Waals surface area contributed by atoms with Crippen LogP contribution in [-0.2, 0) is 4.79 Å². The fraction of sp³-hybridized carbons (Fsp3) is 0.0588. The molecule has 0 radical (unpaired) electrons. The molecule has 0 aliphatic rings. The molecule has 116 valence electrons. The van der Waals surface area contributed by atoms with Crippen LogP contribution in [0.1, 0.15) is 6.92 Å². The van der Waals surface area contributed by atoms with Crippen molar-refractivity contribution in [1.29, 1.82) is 0 Å². The van der Waals surface area contributed by atoms with Crippen LogP contribution < -0.4 is 10.6 Å². The van der Waals surface area contributed by atoms with Crippen molar-refractivity contribution in [2.24, 2.45) is 0 Å². The first kappa shape index (κ1) is 15.2. The van der Waals surface area contributed by atoms with Gasteiger partial charge in [0.05, 0.1) is 5.69 Å². The molecule has 4 nitrogen and oxygen atoms in total. The molecule has 3 rings (SSSR count). The van der Waals surface area contributed by atoms with Gasteiger partial charge in [-0.25, -0.2) is 9.37 Å². The van der Waals surface area contributed by atoms with Gasteiger partial charge in [0, 0.05) is 29.2 Å². The van der Waals surface area contributed by atoms with Gasteiger partial charge in [0.1, 0.15) is 5.82 Å². The predicted molar refractivity (Wildman–Crippen MR) is 91.5 cm³/mol. The number of hydrogen-bond donors (Lipinski definition) is 2. The first-order valence-electron chi connectivity index (χ1n) is 6.96. The van der Waals surface area contributed by atoms with E-state index in [0.717, 1.165) is 27.8 Å². The lowest BCUT2D eigenvalue weighted by Gasteiger charge is -2.04. The van der Waals surface area contributed by atoms with E-state index in [-0.39, 0.29) is 11.7 Å². The summed E-state index contributed by atoms with van der Waals surface area (Å²) < 4.78 is 12.9. The third-order valence-corrected chi connectivity index (χ3v) is 3.84. The minimum Gasteiger partial charge on any atom is -0.332 e. The van der Waals surface area contributed by atoms with E-state index >= 15 is 0 Å². The van der Waals surface area contributed by atoms with Crippen LogP contribution >= 0.6 is 11.3 Å². The number of anilines is 3. The summed E-state index contributed by atoms with van der Waals surface area (Å²) in [5.41, 5.74) is 3.24. The third kappa shape index (κ3) is 3.92. The van der Waals surface area contributed by atoms with Crippen molar-refractivity contribution in [3.8, 4) is 11.3 Å². The summed E-state index contributed by atoms with van der Waals surface area (Å²) in [7, 11) is 0. The van der Waals surface area contributed by atoms with Gasteiger partial charge in [0.15, 0.2) is 5.13 Å². The lowest BCUT2D eigenvalue weighted by molar-refractivity contribution is -0.114. The van der Waals surface area contributed by atoms with E-state index in [1.807, 2.05) is 29.6 Å². The average molecular weight is 327 g/mol. The Hall–Kier alpha value is -2.73. The van der Waals surface area contributed by atoms with Crippen molar-refractivity contribution >= 4 is 33.8 Å². The Bertz CT molecular complexity index is 830. The monoisotopic (exact) mass is 327 g/mol. The van der Waals surface area contributed by atoms with Crippen LogP contribution in [0.2, 0.25) is 0 Å². The molecule has 0 aliphatic carbocycles. The Morgan fingerprint density at radius 3 is 2.65 bits per heavy atom. The molecule has 1 heterocycles. The maximum absolute atomic E-state index is 12.9. The first-order chi connectivity index (χ1) is 11.1. The van der Waals surface area contributed by atoms with E-state index in [9.17, 15) is 9.18 Å². The van der Waals surface area contributed by atoms with Gasteiger partial charge in [-0.15, -0.1) is 11.3 Å². The highest BCUT2D eigenvalue weighted by molar-refractivity contribution is 7.14. The van der Waals surface area contributed by atoms with Gasteiger partial charge >= 0.3 is 0 Å². The van der Waals surface area contributed by atoms with Gasteiger partial charge in [-0.1, -0.05) is 12.1 Å². The first-order valence-corrected chi connectivity index (χ1v) is 7.84. The zero-order valence-corrected chi connectivity index (χ0v) is 13.2. The topological polar surface area (TPSA) is 54.0 Å². The average Bonchev–Trinajstić information content (AvgIpc) is 2.98. The molecule has 0 atom stereocenters. The second-order valence-electron chi connectivity index (χ2n) is 4.93. The number of nitrogens with zero attached hydrogens (tertiary/aromatic N) is 1. The van der Waals surface area contributed by atoms with Gasteiger partial charge < -0.3 is 10.6 Å². The molecule has 0 saturated heterocycles. The number of hydrogen-bond acceptors (Lipinski definition) is 4. The molecule has 0 saturated carbocycles. The smallest absolute Gasteiger partial charge is 0.221 e. The van der Waals surface area contributed by atoms with Crippen LogP contribution in [0.5, 0.6) is 0 Å². The molecule has 0 aliphatic heterocycles. The number of thiazole rings is 1. The molecule has 0 spiro atoms. The molecule has 0 bridgehead atoms. The summed E-state index contributed by atoms with van der Waals surface area (Å²) >= 11 is 1.46. The summed E-state index contributed by atoms with van der Waals surface area (Å²) in [4.78, 5) is 15.7. The normalized spacial score (nSPS) is 10.3. The molecular weight excluding hydrogens is 313 g/mol. The molecule has 6 heteroatoms. The van der Waals surface area contributed by atoms with Gasteiger partial charge in [-0.05, 0) is 36.4 Å². The van der Waals surface area contributed by atoms with Crippen molar-refractivity contribution in [1.82, 2.24) is 4.98 Å². The van der Waals surface area contributed by atoms with Crippen LogP contribution in [0.15, 0.2) is 53.9 Å². The second kappa shape index (κ2) is 6.58. The number of halogens is 1. The highest BCUT2D eigenvalue weighted by Gasteiger charge is 2.06. The predicted octanol–water partition coefficient (Wildman–Crippen LogP) is 4.65. The maximum Gasteiger partial charge on any atom is 0.221 e. The van der Waals surface area contributed by atoms with Crippen LogP contribution in [0.4, 0.5) is 20.9 Å². The third-order valence-electron chi connectivity index (χ3n) is 3.08. The van der Waals surface area contributed by atoms with E-state index in [1.54, 1.807) is 12.1 Å². The minimum absolute atomic E-state index is 0.112. The Balaban J connectivity index is 1.78. The molecular formula is C17H14FN3OS. The molecule has 1 aromatic heterocycles. The summed E-state index contributed by atoms with van der Waals surface area (Å²) in [6.07, 6.45) is 0. The van der Waals surface area contributed by atoms with Gasteiger partial charge in [0.25, 0.3) is 0 Å². The second-order valence-corrected chi connectivity index (χ2v) is 5.79. The van der Waals surface area contributed by atoms with E-state index in [4.69, 9.17) is 0 Å². The van der Waals surface area contributed by atoms with Crippen LogP contribution in [-0.4, -0.2) is 10.9 Å². The van der Waals surface area contributed by atoms with Crippen molar-refractivity contribution < 1.29 is 9.18 Å². The highest BCUT2D eigenvalue weighted by atomic mass is 32.1. The van der Waals surface area contributed by atoms with Gasteiger partial charge in [-0.2, -0.15) is 0 Å². The quantitative estimate of drug-likeness (QED) is 0.733. The van der Waals surface area contributed by atoms with E-state index in [1.165, 1.54) is 30.4 Å². The van der Waals surface area contributed by atoms with Crippen molar-refractivity contribution in [2.45, 2.75) is 6.92 Å². The van der Waals surface area contributed by atoms with Crippen molar-refractivity contribution in [2.75, 3.05) is 10.6 Å². The van der Waals surface area contributed by atoms with Crippen LogP contribution in [0.25, 0.3) is 11.3 Å². The number of benzene rings is 2. The van der Waals surface area contributed by atoms with Crippen molar-refractivity contribution in [3.05, 3.63) is 59.7 Å². The Morgan fingerprint density at radius 2 is 1.91 bits per heavy atom. The van der Waals surface area contributed by atoms with Crippen LogP contribution in [0.3, 0.4) is 0 Å².